The van der Waals surface area contributed by atoms with Crippen molar-refractivity contribution < 1.29 is 4.42 Å². The number of nitrogens with two attached hydrogens (primary N) is 1. The molecule has 1 aliphatic rings. The fourth-order valence-electron chi connectivity index (χ4n) is 3.26. The predicted molar refractivity (Wildman–Crippen MR) is 74.4 cm³/mol. The number of hydrogen-bond donors (Lipinski definition) is 1. The number of rotatable bonds is 4. The van der Waals surface area contributed by atoms with Crippen molar-refractivity contribution in [2.24, 2.45) is 11.7 Å². The highest BCUT2D eigenvalue weighted by molar-refractivity contribution is 5.12. The van der Waals surface area contributed by atoms with Crippen molar-refractivity contribution in [2.45, 2.75) is 50.6 Å². The van der Waals surface area contributed by atoms with Crippen molar-refractivity contribution in [1.29, 1.82) is 0 Å². The SMILES string of the molecule is CC1CCC(C(N)Cc2ccoc2)(N(C)C)CC1. The molecule has 2 rings (SSSR count). The minimum atomic E-state index is 0.157. The molecule has 2 N–H and O–H groups in total. The highest BCUT2D eigenvalue weighted by atomic mass is 16.3. The number of nitrogens with zero attached hydrogens (tertiary/aromatic N) is 1. The maximum atomic E-state index is 6.54. The third-order valence-electron chi connectivity index (χ3n) is 4.76. The van der Waals surface area contributed by atoms with Crippen LogP contribution in [0.4, 0.5) is 0 Å². The fourth-order valence-corrected chi connectivity index (χ4v) is 3.26. The van der Waals surface area contributed by atoms with Crippen LogP contribution < -0.4 is 5.73 Å². The molecule has 1 aromatic rings. The van der Waals surface area contributed by atoms with E-state index in [1.807, 2.05) is 12.3 Å². The summed E-state index contributed by atoms with van der Waals surface area (Å²) in [6, 6.07) is 2.20. The molecule has 1 aromatic heterocycles. The molecule has 0 aliphatic heterocycles. The molecule has 102 valence electrons. The van der Waals surface area contributed by atoms with Crippen LogP contribution in [0.5, 0.6) is 0 Å². The topological polar surface area (TPSA) is 42.4 Å². The molecule has 1 atom stereocenters. The number of furan rings is 1. The second-order valence-corrected chi connectivity index (χ2v) is 6.12. The molecule has 0 amide bonds. The maximum Gasteiger partial charge on any atom is 0.0935 e. The Morgan fingerprint density at radius 3 is 2.61 bits per heavy atom. The summed E-state index contributed by atoms with van der Waals surface area (Å²) in [5.74, 6) is 0.846. The minimum Gasteiger partial charge on any atom is -0.472 e. The molecule has 0 aromatic carbocycles. The normalized spacial score (nSPS) is 30.6. The van der Waals surface area contributed by atoms with E-state index in [1.165, 1.54) is 31.2 Å². The van der Waals surface area contributed by atoms with Crippen LogP contribution in [0, 0.1) is 5.92 Å². The Morgan fingerprint density at radius 1 is 1.44 bits per heavy atom. The van der Waals surface area contributed by atoms with Crippen molar-refractivity contribution in [1.82, 2.24) is 4.90 Å². The van der Waals surface area contributed by atoms with Crippen LogP contribution in [0.25, 0.3) is 0 Å². The third kappa shape index (κ3) is 2.62. The van der Waals surface area contributed by atoms with Crippen LogP contribution in [0.15, 0.2) is 23.0 Å². The van der Waals surface area contributed by atoms with Crippen molar-refractivity contribution >= 4 is 0 Å². The first kappa shape index (κ1) is 13.6. The van der Waals surface area contributed by atoms with E-state index in [1.54, 1.807) is 6.26 Å². The van der Waals surface area contributed by atoms with E-state index in [0.717, 1.165) is 12.3 Å². The standard InChI is InChI=1S/C15H26N2O/c1-12-4-7-15(8-5-12,17(2)3)14(16)10-13-6-9-18-11-13/h6,9,11-12,14H,4-5,7-8,10,16H2,1-3H3. The Hall–Kier alpha value is -0.800. The van der Waals surface area contributed by atoms with E-state index in [-0.39, 0.29) is 11.6 Å². The average molecular weight is 250 g/mol. The first-order chi connectivity index (χ1) is 8.54. The van der Waals surface area contributed by atoms with Gasteiger partial charge in [0.25, 0.3) is 0 Å². The van der Waals surface area contributed by atoms with Gasteiger partial charge < -0.3 is 15.1 Å². The van der Waals surface area contributed by atoms with Gasteiger partial charge in [-0.15, -0.1) is 0 Å². The lowest BCUT2D eigenvalue weighted by Crippen LogP contribution is -2.59. The van der Waals surface area contributed by atoms with Crippen molar-refractivity contribution in [3.8, 4) is 0 Å². The molecule has 18 heavy (non-hydrogen) atoms. The smallest absolute Gasteiger partial charge is 0.0935 e. The zero-order valence-electron chi connectivity index (χ0n) is 11.9. The summed E-state index contributed by atoms with van der Waals surface area (Å²) < 4.78 is 5.14. The average Bonchev–Trinajstić information content (AvgIpc) is 2.82. The number of hydrogen-bond acceptors (Lipinski definition) is 3. The maximum absolute atomic E-state index is 6.54. The van der Waals surface area contributed by atoms with Gasteiger partial charge in [-0.2, -0.15) is 0 Å². The van der Waals surface area contributed by atoms with E-state index in [4.69, 9.17) is 10.2 Å². The predicted octanol–water partition coefficient (Wildman–Crippen LogP) is 2.66. The van der Waals surface area contributed by atoms with E-state index in [0.29, 0.717) is 0 Å². The van der Waals surface area contributed by atoms with Gasteiger partial charge in [-0.25, -0.2) is 0 Å². The van der Waals surface area contributed by atoms with Crippen molar-refractivity contribution in [3.05, 3.63) is 24.2 Å². The molecule has 0 saturated heterocycles. The van der Waals surface area contributed by atoms with Gasteiger partial charge in [-0.1, -0.05) is 6.92 Å². The third-order valence-corrected chi connectivity index (χ3v) is 4.76. The molecule has 1 fully saturated rings. The van der Waals surface area contributed by atoms with E-state index < -0.39 is 0 Å². The molecule has 3 nitrogen and oxygen atoms in total. The lowest BCUT2D eigenvalue weighted by Gasteiger charge is -2.48. The molecule has 1 saturated carbocycles. The summed E-state index contributed by atoms with van der Waals surface area (Å²) in [5, 5.41) is 0. The highest BCUT2D eigenvalue weighted by Gasteiger charge is 2.41. The van der Waals surface area contributed by atoms with Crippen LogP contribution in [0.3, 0.4) is 0 Å². The van der Waals surface area contributed by atoms with E-state index in [9.17, 15) is 0 Å². The van der Waals surface area contributed by atoms with Crippen LogP contribution in [-0.4, -0.2) is 30.6 Å². The van der Waals surface area contributed by atoms with Gasteiger partial charge >= 0.3 is 0 Å². The molecule has 3 heteroatoms. The fraction of sp³-hybridized carbons (Fsp3) is 0.733. The Labute approximate surface area is 110 Å². The molecular weight excluding hydrogens is 224 g/mol. The molecule has 0 spiro atoms. The molecular formula is C15H26N2O. The summed E-state index contributed by atoms with van der Waals surface area (Å²) in [6.07, 6.45) is 9.44. The molecule has 1 unspecified atom stereocenters. The first-order valence-electron chi connectivity index (χ1n) is 6.98. The quantitative estimate of drug-likeness (QED) is 0.893. The minimum absolute atomic E-state index is 0.157. The van der Waals surface area contributed by atoms with Crippen LogP contribution in [-0.2, 0) is 6.42 Å². The van der Waals surface area contributed by atoms with Crippen LogP contribution >= 0.6 is 0 Å². The van der Waals surface area contributed by atoms with E-state index in [2.05, 4.69) is 25.9 Å². The highest BCUT2D eigenvalue weighted by Crippen LogP contribution is 2.37. The lowest BCUT2D eigenvalue weighted by molar-refractivity contribution is 0.0568. The monoisotopic (exact) mass is 250 g/mol. The first-order valence-corrected chi connectivity index (χ1v) is 6.98. The summed E-state index contributed by atoms with van der Waals surface area (Å²) in [5.41, 5.74) is 7.90. The Bertz CT molecular complexity index is 351. The Balaban J connectivity index is 2.09. The van der Waals surface area contributed by atoms with Gasteiger partial charge in [0.05, 0.1) is 12.5 Å². The van der Waals surface area contributed by atoms with Gasteiger partial charge in [-0.05, 0) is 63.7 Å². The van der Waals surface area contributed by atoms with Gasteiger partial charge in [0.1, 0.15) is 0 Å². The zero-order chi connectivity index (χ0) is 13.2. The van der Waals surface area contributed by atoms with Crippen molar-refractivity contribution in [2.75, 3.05) is 14.1 Å². The van der Waals surface area contributed by atoms with Crippen molar-refractivity contribution in [3.63, 3.8) is 0 Å². The van der Waals surface area contributed by atoms with Gasteiger partial charge in [0.15, 0.2) is 0 Å². The lowest BCUT2D eigenvalue weighted by atomic mass is 9.71. The summed E-state index contributed by atoms with van der Waals surface area (Å²) in [7, 11) is 4.34. The number of likely N-dealkylation sites (N-methyl/N-ethyl adjacent to an activating group) is 1. The second kappa shape index (κ2) is 5.45. The molecule has 0 radical (unpaired) electrons. The summed E-state index contributed by atoms with van der Waals surface area (Å²) in [4.78, 5) is 2.35. The van der Waals surface area contributed by atoms with Gasteiger partial charge in [0, 0.05) is 11.6 Å². The summed E-state index contributed by atoms with van der Waals surface area (Å²) >= 11 is 0. The molecule has 1 aliphatic carbocycles. The molecule has 1 heterocycles. The van der Waals surface area contributed by atoms with Gasteiger partial charge in [0.2, 0.25) is 0 Å². The summed E-state index contributed by atoms with van der Waals surface area (Å²) in [6.45, 7) is 2.35. The van der Waals surface area contributed by atoms with Crippen LogP contribution in [0.1, 0.15) is 38.2 Å². The van der Waals surface area contributed by atoms with Crippen LogP contribution in [0.2, 0.25) is 0 Å². The Kier molecular flexibility index (Phi) is 4.13. The Morgan fingerprint density at radius 2 is 2.11 bits per heavy atom. The second-order valence-electron chi connectivity index (χ2n) is 6.12. The zero-order valence-corrected chi connectivity index (χ0v) is 11.9. The molecule has 0 bridgehead atoms. The van der Waals surface area contributed by atoms with E-state index >= 15 is 0 Å². The van der Waals surface area contributed by atoms with Gasteiger partial charge in [-0.3, -0.25) is 0 Å². The largest absolute Gasteiger partial charge is 0.472 e.